The Hall–Kier alpha value is -2.29. The average Bonchev–Trinajstić information content (AvgIpc) is 3.46. The summed E-state index contributed by atoms with van der Waals surface area (Å²) in [5.41, 5.74) is 6.01. The van der Waals surface area contributed by atoms with Crippen molar-refractivity contribution in [2.45, 2.75) is 64.6 Å². The van der Waals surface area contributed by atoms with Crippen LogP contribution in [0, 0.1) is 27.7 Å². The summed E-state index contributed by atoms with van der Waals surface area (Å²) in [5.74, 6) is 0. The van der Waals surface area contributed by atoms with Crippen molar-refractivity contribution in [1.82, 2.24) is 0 Å². The fourth-order valence-electron chi connectivity index (χ4n) is 4.07. The molecule has 0 bridgehead atoms. The number of rotatable bonds is 4. The van der Waals surface area contributed by atoms with Crippen molar-refractivity contribution >= 4 is 6.16 Å². The largest absolute Gasteiger partial charge is 0.510 e. The van der Waals surface area contributed by atoms with Crippen LogP contribution in [0.3, 0.4) is 0 Å². The van der Waals surface area contributed by atoms with Crippen LogP contribution in [0.25, 0.3) is 0 Å². The van der Waals surface area contributed by atoms with Crippen LogP contribution in [0.2, 0.25) is 0 Å². The SMILES string of the molecule is Cc1ccc(C2(OC(=O)OC3(c4ccc(C)cc4C)CC3)CC2)c(C)c1. The van der Waals surface area contributed by atoms with Gasteiger partial charge in [0, 0.05) is 0 Å². The maximum atomic E-state index is 12.6. The first-order chi connectivity index (χ1) is 12.3. The van der Waals surface area contributed by atoms with Gasteiger partial charge in [0.25, 0.3) is 0 Å². The lowest BCUT2D eigenvalue weighted by molar-refractivity contribution is -0.0219. The highest BCUT2D eigenvalue weighted by atomic mass is 16.7. The molecule has 136 valence electrons. The Balaban J connectivity index is 1.51. The zero-order valence-electron chi connectivity index (χ0n) is 16.0. The third-order valence-corrected chi connectivity index (χ3v) is 5.71. The van der Waals surface area contributed by atoms with E-state index in [-0.39, 0.29) is 0 Å². The minimum absolute atomic E-state index is 0.493. The standard InChI is InChI=1S/C23H26O3/c1-15-5-7-19(17(3)13-15)22(9-10-22)25-21(24)26-23(11-12-23)20-8-6-16(2)14-18(20)4/h5-8,13-14H,9-12H2,1-4H3. The molecule has 3 heteroatoms. The molecule has 0 amide bonds. The third kappa shape index (κ3) is 3.00. The molecule has 0 spiro atoms. The highest BCUT2D eigenvalue weighted by Gasteiger charge is 2.54. The molecule has 26 heavy (non-hydrogen) atoms. The normalized spacial score (nSPS) is 18.9. The zero-order valence-corrected chi connectivity index (χ0v) is 16.0. The second-order valence-corrected chi connectivity index (χ2v) is 8.08. The average molecular weight is 350 g/mol. The van der Waals surface area contributed by atoms with Gasteiger partial charge < -0.3 is 9.47 Å². The number of benzene rings is 2. The molecule has 0 heterocycles. The number of hydrogen-bond donors (Lipinski definition) is 0. The first-order valence-electron chi connectivity index (χ1n) is 9.41. The van der Waals surface area contributed by atoms with E-state index in [0.717, 1.165) is 36.8 Å². The van der Waals surface area contributed by atoms with Crippen LogP contribution in [-0.2, 0) is 20.7 Å². The summed E-state index contributed by atoms with van der Waals surface area (Å²) in [6.07, 6.45) is 2.91. The molecule has 0 aliphatic heterocycles. The zero-order chi connectivity index (χ0) is 18.5. The van der Waals surface area contributed by atoms with Crippen LogP contribution < -0.4 is 0 Å². The van der Waals surface area contributed by atoms with E-state index in [1.54, 1.807) is 0 Å². The molecule has 2 saturated carbocycles. The summed E-state index contributed by atoms with van der Waals surface area (Å²) in [5, 5.41) is 0. The number of carbonyl (C=O) groups is 1. The van der Waals surface area contributed by atoms with Gasteiger partial charge in [0.15, 0.2) is 0 Å². The molecule has 2 fully saturated rings. The molecule has 2 aromatic rings. The van der Waals surface area contributed by atoms with Crippen LogP contribution in [0.5, 0.6) is 0 Å². The molecule has 0 atom stereocenters. The van der Waals surface area contributed by atoms with Crippen LogP contribution in [0.4, 0.5) is 4.79 Å². The second-order valence-electron chi connectivity index (χ2n) is 8.08. The summed E-state index contributed by atoms with van der Waals surface area (Å²) >= 11 is 0. The number of aryl methyl sites for hydroxylation is 4. The maximum absolute atomic E-state index is 12.6. The Labute approximate surface area is 155 Å². The maximum Gasteiger partial charge on any atom is 0.510 e. The topological polar surface area (TPSA) is 35.5 Å². The van der Waals surface area contributed by atoms with Crippen LogP contribution in [0.1, 0.15) is 59.1 Å². The Morgan fingerprint density at radius 3 is 1.42 bits per heavy atom. The Morgan fingerprint density at radius 2 is 1.12 bits per heavy atom. The molecule has 2 aliphatic rings. The summed E-state index contributed by atoms with van der Waals surface area (Å²) in [6, 6.07) is 12.6. The lowest BCUT2D eigenvalue weighted by atomic mass is 9.99. The second kappa shape index (κ2) is 5.87. The highest BCUT2D eigenvalue weighted by molar-refractivity contribution is 5.64. The van der Waals surface area contributed by atoms with Gasteiger partial charge in [-0.2, -0.15) is 0 Å². The van der Waals surface area contributed by atoms with Gasteiger partial charge in [-0.15, -0.1) is 0 Å². The molecule has 0 aromatic heterocycles. The summed E-state index contributed by atoms with van der Waals surface area (Å²) < 4.78 is 11.7. The molecule has 3 nitrogen and oxygen atoms in total. The predicted molar refractivity (Wildman–Crippen MR) is 101 cm³/mol. The van der Waals surface area contributed by atoms with Crippen molar-refractivity contribution in [3.05, 3.63) is 69.8 Å². The smallest absolute Gasteiger partial charge is 0.423 e. The van der Waals surface area contributed by atoms with E-state index in [1.165, 1.54) is 22.3 Å². The quantitative estimate of drug-likeness (QED) is 0.658. The molecule has 2 aliphatic carbocycles. The fourth-order valence-corrected chi connectivity index (χ4v) is 4.07. The van der Waals surface area contributed by atoms with E-state index in [1.807, 2.05) is 0 Å². The van der Waals surface area contributed by atoms with E-state index < -0.39 is 17.4 Å². The minimum Gasteiger partial charge on any atom is -0.423 e. The summed E-state index contributed by atoms with van der Waals surface area (Å²) in [7, 11) is 0. The van der Waals surface area contributed by atoms with Gasteiger partial charge in [-0.3, -0.25) is 0 Å². The van der Waals surface area contributed by atoms with E-state index in [4.69, 9.17) is 9.47 Å². The van der Waals surface area contributed by atoms with Gasteiger partial charge in [-0.05, 0) is 75.6 Å². The molecule has 0 unspecified atom stereocenters. The van der Waals surface area contributed by atoms with Crippen molar-refractivity contribution in [3.8, 4) is 0 Å². The van der Waals surface area contributed by atoms with Gasteiger partial charge in [-0.1, -0.05) is 47.5 Å². The highest BCUT2D eigenvalue weighted by Crippen LogP contribution is 2.54. The van der Waals surface area contributed by atoms with Crippen molar-refractivity contribution in [2.24, 2.45) is 0 Å². The van der Waals surface area contributed by atoms with Crippen molar-refractivity contribution in [1.29, 1.82) is 0 Å². The van der Waals surface area contributed by atoms with Gasteiger partial charge in [-0.25, -0.2) is 4.79 Å². The van der Waals surface area contributed by atoms with Crippen molar-refractivity contribution in [2.75, 3.05) is 0 Å². The molecular weight excluding hydrogens is 324 g/mol. The van der Waals surface area contributed by atoms with Crippen molar-refractivity contribution in [3.63, 3.8) is 0 Å². The monoisotopic (exact) mass is 350 g/mol. The molecule has 0 radical (unpaired) electrons. The number of ether oxygens (including phenoxy) is 2. The van der Waals surface area contributed by atoms with E-state index in [9.17, 15) is 4.79 Å². The summed E-state index contributed by atoms with van der Waals surface area (Å²) in [4.78, 5) is 12.6. The summed E-state index contributed by atoms with van der Waals surface area (Å²) in [6.45, 7) is 8.31. The Morgan fingerprint density at radius 1 is 0.731 bits per heavy atom. The Kier molecular flexibility index (Phi) is 3.87. The lowest BCUT2D eigenvalue weighted by Gasteiger charge is -2.23. The van der Waals surface area contributed by atoms with Gasteiger partial charge in [0.2, 0.25) is 0 Å². The molecule has 2 aromatic carbocycles. The Bertz CT molecular complexity index is 802. The third-order valence-electron chi connectivity index (χ3n) is 5.71. The van der Waals surface area contributed by atoms with Crippen LogP contribution in [0.15, 0.2) is 36.4 Å². The molecule has 0 saturated heterocycles. The molecular formula is C23H26O3. The van der Waals surface area contributed by atoms with Gasteiger partial charge in [0.05, 0.1) is 0 Å². The number of hydrogen-bond acceptors (Lipinski definition) is 3. The fraction of sp³-hybridized carbons (Fsp3) is 0.435. The van der Waals surface area contributed by atoms with E-state index in [2.05, 4.69) is 64.1 Å². The van der Waals surface area contributed by atoms with Crippen LogP contribution in [-0.4, -0.2) is 6.16 Å². The van der Waals surface area contributed by atoms with Gasteiger partial charge >= 0.3 is 6.16 Å². The lowest BCUT2D eigenvalue weighted by Crippen LogP contribution is -2.25. The van der Waals surface area contributed by atoms with Crippen molar-refractivity contribution < 1.29 is 14.3 Å². The molecule has 4 rings (SSSR count). The molecule has 0 N–H and O–H groups in total. The first-order valence-corrected chi connectivity index (χ1v) is 9.41. The van der Waals surface area contributed by atoms with Crippen LogP contribution >= 0.6 is 0 Å². The minimum atomic E-state index is -0.542. The van der Waals surface area contributed by atoms with E-state index in [0.29, 0.717) is 0 Å². The predicted octanol–water partition coefficient (Wildman–Crippen LogP) is 5.75. The number of carbonyl (C=O) groups excluding carboxylic acids is 1. The van der Waals surface area contributed by atoms with E-state index >= 15 is 0 Å². The van der Waals surface area contributed by atoms with Gasteiger partial charge in [0.1, 0.15) is 11.2 Å². The first kappa shape index (κ1) is 17.1.